The summed E-state index contributed by atoms with van der Waals surface area (Å²) in [6, 6.07) is 7.48. The number of halogens is 1. The Balaban J connectivity index is 2.81. The second-order valence-electron chi connectivity index (χ2n) is 5.88. The van der Waals surface area contributed by atoms with E-state index in [1.165, 1.54) is 27.8 Å². The van der Waals surface area contributed by atoms with E-state index < -0.39 is 0 Å². The Morgan fingerprint density at radius 2 is 1.52 bits per heavy atom. The predicted molar refractivity (Wildman–Crippen MR) is 88.3 cm³/mol. The molecule has 0 fully saturated rings. The van der Waals surface area contributed by atoms with E-state index in [0.717, 1.165) is 11.1 Å². The molecule has 1 atom stereocenters. The quantitative estimate of drug-likeness (QED) is 0.836. The van der Waals surface area contributed by atoms with E-state index in [2.05, 4.69) is 46.0 Å². The Morgan fingerprint density at radius 1 is 0.952 bits per heavy atom. The van der Waals surface area contributed by atoms with Gasteiger partial charge in [-0.05, 0) is 92.7 Å². The van der Waals surface area contributed by atoms with Gasteiger partial charge in [0.2, 0.25) is 0 Å². The minimum absolute atomic E-state index is 0.181. The van der Waals surface area contributed by atoms with Gasteiger partial charge in [-0.2, -0.15) is 0 Å². The number of nitrogens with one attached hydrogen (secondary N) is 1. The molecular weight excluding hydrogens is 261 g/mol. The van der Waals surface area contributed by atoms with Crippen molar-refractivity contribution in [1.29, 1.82) is 0 Å². The summed E-state index contributed by atoms with van der Waals surface area (Å²) in [6.45, 7) is 10.6. The average Bonchev–Trinajstić information content (AvgIpc) is 2.45. The van der Waals surface area contributed by atoms with Gasteiger partial charge in [-0.15, -0.1) is 0 Å². The summed E-state index contributed by atoms with van der Waals surface area (Å²) < 4.78 is 13.8. The van der Waals surface area contributed by atoms with E-state index in [4.69, 9.17) is 0 Å². The van der Waals surface area contributed by atoms with Crippen LogP contribution in [0, 0.1) is 33.5 Å². The summed E-state index contributed by atoms with van der Waals surface area (Å²) >= 11 is 0. The smallest absolute Gasteiger partial charge is 0.123 e. The van der Waals surface area contributed by atoms with Gasteiger partial charge in [-0.1, -0.05) is 12.1 Å². The van der Waals surface area contributed by atoms with Crippen molar-refractivity contribution in [3.63, 3.8) is 0 Å². The highest BCUT2D eigenvalue weighted by molar-refractivity contribution is 5.76. The van der Waals surface area contributed by atoms with Gasteiger partial charge in [-0.3, -0.25) is 0 Å². The number of benzene rings is 2. The lowest BCUT2D eigenvalue weighted by Crippen LogP contribution is -2.14. The largest absolute Gasteiger partial charge is 0.313 e. The third kappa shape index (κ3) is 2.86. The lowest BCUT2D eigenvalue weighted by Gasteiger charge is -2.21. The van der Waals surface area contributed by atoms with Gasteiger partial charge in [0, 0.05) is 6.04 Å². The summed E-state index contributed by atoms with van der Waals surface area (Å²) in [7, 11) is 1.93. The first-order chi connectivity index (χ1) is 9.86. The molecule has 0 spiro atoms. The van der Waals surface area contributed by atoms with Crippen molar-refractivity contribution in [2.24, 2.45) is 0 Å². The van der Waals surface area contributed by atoms with E-state index in [0.29, 0.717) is 0 Å². The summed E-state index contributed by atoms with van der Waals surface area (Å²) in [5, 5.41) is 3.26. The molecule has 21 heavy (non-hydrogen) atoms. The Labute approximate surface area is 127 Å². The van der Waals surface area contributed by atoms with Crippen molar-refractivity contribution >= 4 is 0 Å². The molecule has 0 saturated carbocycles. The first kappa shape index (κ1) is 15.7. The maximum atomic E-state index is 13.8. The third-order valence-corrected chi connectivity index (χ3v) is 4.55. The van der Waals surface area contributed by atoms with Gasteiger partial charge in [0.25, 0.3) is 0 Å². The lowest BCUT2D eigenvalue weighted by molar-refractivity contribution is 0.620. The molecule has 2 heteroatoms. The zero-order chi connectivity index (χ0) is 15.7. The average molecular weight is 285 g/mol. The fourth-order valence-electron chi connectivity index (χ4n) is 2.90. The van der Waals surface area contributed by atoms with Crippen LogP contribution < -0.4 is 5.32 Å². The highest BCUT2D eigenvalue weighted by Crippen LogP contribution is 2.36. The van der Waals surface area contributed by atoms with Gasteiger partial charge in [0.15, 0.2) is 0 Å². The molecule has 1 unspecified atom stereocenters. The highest BCUT2D eigenvalue weighted by atomic mass is 19.1. The van der Waals surface area contributed by atoms with Crippen LogP contribution in [0.2, 0.25) is 0 Å². The highest BCUT2D eigenvalue weighted by Gasteiger charge is 2.17. The minimum Gasteiger partial charge on any atom is -0.313 e. The fraction of sp³-hybridized carbons (Fsp3) is 0.368. The van der Waals surface area contributed by atoms with Crippen LogP contribution in [-0.2, 0) is 0 Å². The zero-order valence-corrected chi connectivity index (χ0v) is 13.8. The molecule has 0 amide bonds. The van der Waals surface area contributed by atoms with Crippen LogP contribution in [0.5, 0.6) is 0 Å². The van der Waals surface area contributed by atoms with Crippen molar-refractivity contribution in [2.45, 2.75) is 40.7 Å². The van der Waals surface area contributed by atoms with E-state index in [1.54, 1.807) is 12.1 Å². The molecule has 0 heterocycles. The van der Waals surface area contributed by atoms with Gasteiger partial charge in [0.1, 0.15) is 5.82 Å². The number of hydrogen-bond donors (Lipinski definition) is 1. The van der Waals surface area contributed by atoms with Crippen LogP contribution in [-0.4, -0.2) is 7.05 Å². The lowest BCUT2D eigenvalue weighted by atomic mass is 9.86. The minimum atomic E-state index is -0.185. The first-order valence-corrected chi connectivity index (χ1v) is 7.41. The number of hydrogen-bond acceptors (Lipinski definition) is 1. The molecular formula is C19H24FN. The summed E-state index contributed by atoms with van der Waals surface area (Å²) in [5.41, 5.74) is 8.26. The van der Waals surface area contributed by atoms with Crippen molar-refractivity contribution in [2.75, 3.05) is 7.05 Å². The molecule has 2 aromatic rings. The molecule has 0 aliphatic rings. The monoisotopic (exact) mass is 285 g/mol. The van der Waals surface area contributed by atoms with Gasteiger partial charge in [0.05, 0.1) is 0 Å². The van der Waals surface area contributed by atoms with Crippen molar-refractivity contribution < 1.29 is 4.39 Å². The van der Waals surface area contributed by atoms with Crippen LogP contribution in [0.3, 0.4) is 0 Å². The number of aryl methyl sites for hydroxylation is 2. The van der Waals surface area contributed by atoms with Crippen LogP contribution in [0.1, 0.15) is 40.8 Å². The summed E-state index contributed by atoms with van der Waals surface area (Å²) in [6.07, 6.45) is 0. The maximum absolute atomic E-state index is 13.8. The Bertz CT molecular complexity index is 648. The third-order valence-electron chi connectivity index (χ3n) is 4.55. The second-order valence-corrected chi connectivity index (χ2v) is 5.88. The van der Waals surface area contributed by atoms with Crippen LogP contribution >= 0.6 is 0 Å². The topological polar surface area (TPSA) is 12.0 Å². The van der Waals surface area contributed by atoms with Gasteiger partial charge >= 0.3 is 0 Å². The molecule has 1 N–H and O–H groups in total. The molecule has 0 bridgehead atoms. The maximum Gasteiger partial charge on any atom is 0.123 e. The van der Waals surface area contributed by atoms with E-state index in [1.807, 2.05) is 13.1 Å². The summed E-state index contributed by atoms with van der Waals surface area (Å²) in [4.78, 5) is 0. The standard InChI is InChI=1S/C19H24FN/c1-11-9-12(2)14(4)19(13(11)3)18-10-16(20)7-8-17(18)15(5)21-6/h7-10,15,21H,1-6H3. The number of rotatable bonds is 3. The van der Waals surface area contributed by atoms with E-state index in [9.17, 15) is 4.39 Å². The Hall–Kier alpha value is -1.67. The SMILES string of the molecule is CNC(C)c1ccc(F)cc1-c1c(C)c(C)cc(C)c1C. The van der Waals surface area contributed by atoms with Crippen LogP contribution in [0.25, 0.3) is 11.1 Å². The van der Waals surface area contributed by atoms with Crippen LogP contribution in [0.4, 0.5) is 4.39 Å². The van der Waals surface area contributed by atoms with Crippen LogP contribution in [0.15, 0.2) is 24.3 Å². The van der Waals surface area contributed by atoms with Crippen molar-refractivity contribution in [3.8, 4) is 11.1 Å². The van der Waals surface area contributed by atoms with Crippen molar-refractivity contribution in [1.82, 2.24) is 5.32 Å². The van der Waals surface area contributed by atoms with Gasteiger partial charge in [-0.25, -0.2) is 4.39 Å². The first-order valence-electron chi connectivity index (χ1n) is 7.41. The molecule has 2 rings (SSSR count). The van der Waals surface area contributed by atoms with E-state index >= 15 is 0 Å². The summed E-state index contributed by atoms with van der Waals surface area (Å²) in [5.74, 6) is -0.185. The molecule has 0 radical (unpaired) electrons. The second kappa shape index (κ2) is 5.98. The molecule has 112 valence electrons. The molecule has 0 aromatic heterocycles. The fourth-order valence-corrected chi connectivity index (χ4v) is 2.90. The Kier molecular flexibility index (Phi) is 4.48. The van der Waals surface area contributed by atoms with Gasteiger partial charge < -0.3 is 5.32 Å². The molecule has 0 aliphatic heterocycles. The normalized spacial score (nSPS) is 12.5. The van der Waals surface area contributed by atoms with E-state index in [-0.39, 0.29) is 11.9 Å². The molecule has 1 nitrogen and oxygen atoms in total. The Morgan fingerprint density at radius 3 is 2.05 bits per heavy atom. The molecule has 2 aromatic carbocycles. The predicted octanol–water partition coefficient (Wildman–Crippen LogP) is 5.01. The van der Waals surface area contributed by atoms with Crippen molar-refractivity contribution in [3.05, 3.63) is 57.9 Å². The molecule has 0 aliphatic carbocycles. The molecule has 0 saturated heterocycles. The zero-order valence-electron chi connectivity index (χ0n) is 13.8.